The number of nitrogens with zero attached hydrogens (tertiary/aromatic N) is 9. The van der Waals surface area contributed by atoms with E-state index in [0.29, 0.717) is 40.7 Å². The molecule has 2 atom stereocenters. The number of unbranched alkanes of at least 4 members (excludes halogenated alkanes) is 2. The molecule has 0 aromatic carbocycles. The van der Waals surface area contributed by atoms with Crippen molar-refractivity contribution >= 4 is 0 Å². The number of hydrogen-bond acceptors (Lipinski definition) is 9. The van der Waals surface area contributed by atoms with Gasteiger partial charge in [0.1, 0.15) is 17.5 Å². The van der Waals surface area contributed by atoms with Gasteiger partial charge in [-0.05, 0) is 19.8 Å². The van der Waals surface area contributed by atoms with E-state index >= 15 is 0 Å². The molecule has 4 aromatic rings. The highest BCUT2D eigenvalue weighted by molar-refractivity contribution is 5.64. The predicted molar refractivity (Wildman–Crippen MR) is 144 cm³/mol. The standard InChI is InChI=1S/C28H35N9/c1-6-8-10-18(3)24-31-14-22(15-32-24)27-35-26(21-12-29-20(5)30-13-21)36-28(37-27)23-16-33-25(34-17-23)19(4)11-9-7-2/h12-19H,6-11H2,1-5H3. The van der Waals surface area contributed by atoms with Crippen molar-refractivity contribution in [3.63, 3.8) is 0 Å². The van der Waals surface area contributed by atoms with Crippen LogP contribution in [0.3, 0.4) is 0 Å². The third-order valence-corrected chi connectivity index (χ3v) is 6.40. The molecule has 2 unspecified atom stereocenters. The van der Waals surface area contributed by atoms with Crippen molar-refractivity contribution in [2.75, 3.05) is 0 Å². The maximum Gasteiger partial charge on any atom is 0.167 e. The van der Waals surface area contributed by atoms with Gasteiger partial charge < -0.3 is 0 Å². The first-order valence-electron chi connectivity index (χ1n) is 13.2. The molecule has 0 saturated heterocycles. The first kappa shape index (κ1) is 26.3. The summed E-state index contributed by atoms with van der Waals surface area (Å²) in [5, 5.41) is 0. The zero-order valence-electron chi connectivity index (χ0n) is 22.4. The van der Waals surface area contributed by atoms with Crippen LogP contribution in [0.4, 0.5) is 0 Å². The smallest absolute Gasteiger partial charge is 0.167 e. The van der Waals surface area contributed by atoms with Crippen LogP contribution in [0, 0.1) is 6.92 Å². The van der Waals surface area contributed by atoms with Crippen molar-refractivity contribution < 1.29 is 0 Å². The summed E-state index contributed by atoms with van der Waals surface area (Å²) >= 11 is 0. The lowest BCUT2D eigenvalue weighted by molar-refractivity contribution is 0.595. The molecule has 4 heterocycles. The first-order chi connectivity index (χ1) is 18.0. The second-order valence-corrected chi connectivity index (χ2v) is 9.57. The Morgan fingerprint density at radius 3 is 1.19 bits per heavy atom. The van der Waals surface area contributed by atoms with Crippen molar-refractivity contribution in [1.82, 2.24) is 44.9 Å². The quantitative estimate of drug-likeness (QED) is 0.241. The molecular weight excluding hydrogens is 462 g/mol. The maximum absolute atomic E-state index is 4.74. The summed E-state index contributed by atoms with van der Waals surface area (Å²) in [6.45, 7) is 10.5. The van der Waals surface area contributed by atoms with Crippen LogP contribution < -0.4 is 0 Å². The Balaban J connectivity index is 1.70. The van der Waals surface area contributed by atoms with Crippen molar-refractivity contribution in [1.29, 1.82) is 0 Å². The van der Waals surface area contributed by atoms with Crippen molar-refractivity contribution in [2.24, 2.45) is 0 Å². The van der Waals surface area contributed by atoms with Gasteiger partial charge in [0.2, 0.25) is 0 Å². The number of rotatable bonds is 11. The Labute approximate surface area is 218 Å². The highest BCUT2D eigenvalue weighted by Crippen LogP contribution is 2.25. The molecule has 0 aliphatic rings. The number of aromatic nitrogens is 9. The largest absolute Gasteiger partial charge is 0.241 e. The first-order valence-corrected chi connectivity index (χ1v) is 13.2. The van der Waals surface area contributed by atoms with E-state index in [1.807, 2.05) is 6.92 Å². The van der Waals surface area contributed by atoms with E-state index in [0.717, 1.165) is 61.3 Å². The molecule has 4 aromatic heterocycles. The molecular formula is C28H35N9. The van der Waals surface area contributed by atoms with Gasteiger partial charge in [-0.25, -0.2) is 44.9 Å². The van der Waals surface area contributed by atoms with Crippen LogP contribution in [0.15, 0.2) is 37.2 Å². The Hall–Kier alpha value is -3.75. The van der Waals surface area contributed by atoms with Gasteiger partial charge >= 0.3 is 0 Å². The lowest BCUT2D eigenvalue weighted by atomic mass is 10.0. The molecule has 0 saturated carbocycles. The molecule has 0 radical (unpaired) electrons. The third-order valence-electron chi connectivity index (χ3n) is 6.40. The fourth-order valence-electron chi connectivity index (χ4n) is 3.97. The average molecular weight is 498 g/mol. The van der Waals surface area contributed by atoms with E-state index in [9.17, 15) is 0 Å². The van der Waals surface area contributed by atoms with Gasteiger partial charge in [0.05, 0.1) is 16.7 Å². The van der Waals surface area contributed by atoms with Crippen LogP contribution in [0.1, 0.15) is 95.5 Å². The Bertz CT molecular complexity index is 1200. The molecule has 192 valence electrons. The maximum atomic E-state index is 4.74. The Kier molecular flexibility index (Phi) is 8.87. The monoisotopic (exact) mass is 497 g/mol. The molecule has 0 aliphatic carbocycles. The number of aryl methyl sites for hydroxylation is 1. The fourth-order valence-corrected chi connectivity index (χ4v) is 3.97. The van der Waals surface area contributed by atoms with Gasteiger partial charge in [-0.3, -0.25) is 0 Å². The zero-order chi connectivity index (χ0) is 26.2. The van der Waals surface area contributed by atoms with Gasteiger partial charge in [-0.1, -0.05) is 53.4 Å². The van der Waals surface area contributed by atoms with E-state index in [-0.39, 0.29) is 0 Å². The summed E-state index contributed by atoms with van der Waals surface area (Å²) in [4.78, 5) is 41.3. The molecule has 0 bridgehead atoms. The molecule has 4 rings (SSSR count). The molecule has 0 N–H and O–H groups in total. The van der Waals surface area contributed by atoms with Crippen LogP contribution >= 0.6 is 0 Å². The van der Waals surface area contributed by atoms with E-state index < -0.39 is 0 Å². The van der Waals surface area contributed by atoms with Crippen LogP contribution in [-0.2, 0) is 0 Å². The van der Waals surface area contributed by atoms with Crippen molar-refractivity contribution in [3.05, 3.63) is 54.7 Å². The van der Waals surface area contributed by atoms with Crippen LogP contribution in [0.25, 0.3) is 34.2 Å². The van der Waals surface area contributed by atoms with E-state index in [1.165, 1.54) is 0 Å². The molecule has 0 spiro atoms. The molecule has 0 fully saturated rings. The SMILES string of the molecule is CCCCC(C)c1ncc(-c2nc(-c3cnc(C)nc3)nc(-c3cnc(C(C)CCCC)nc3)n2)cn1. The summed E-state index contributed by atoms with van der Waals surface area (Å²) in [5.41, 5.74) is 2.14. The minimum atomic E-state index is 0.304. The second kappa shape index (κ2) is 12.5. The van der Waals surface area contributed by atoms with Crippen LogP contribution in [-0.4, -0.2) is 44.9 Å². The lowest BCUT2D eigenvalue weighted by Crippen LogP contribution is -2.05. The molecule has 0 aliphatic heterocycles. The van der Waals surface area contributed by atoms with E-state index in [2.05, 4.69) is 57.6 Å². The van der Waals surface area contributed by atoms with E-state index in [4.69, 9.17) is 15.0 Å². The summed E-state index contributed by atoms with van der Waals surface area (Å²) in [6, 6.07) is 0. The third kappa shape index (κ3) is 6.72. The average Bonchev–Trinajstić information content (AvgIpc) is 2.95. The zero-order valence-corrected chi connectivity index (χ0v) is 22.4. The van der Waals surface area contributed by atoms with Gasteiger partial charge in [0.25, 0.3) is 0 Å². The molecule has 9 nitrogen and oxygen atoms in total. The van der Waals surface area contributed by atoms with Crippen molar-refractivity contribution in [3.8, 4) is 34.2 Å². The summed E-state index contributed by atoms with van der Waals surface area (Å²) in [5.74, 6) is 4.39. The Morgan fingerprint density at radius 2 is 0.865 bits per heavy atom. The fraction of sp³-hybridized carbons (Fsp3) is 0.464. The van der Waals surface area contributed by atoms with Gasteiger partial charge in [-0.2, -0.15) is 0 Å². The Morgan fingerprint density at radius 1 is 0.541 bits per heavy atom. The van der Waals surface area contributed by atoms with Crippen LogP contribution in [0.2, 0.25) is 0 Å². The topological polar surface area (TPSA) is 116 Å². The minimum absolute atomic E-state index is 0.304. The highest BCUT2D eigenvalue weighted by Gasteiger charge is 2.16. The van der Waals surface area contributed by atoms with Crippen LogP contribution in [0.5, 0.6) is 0 Å². The second-order valence-electron chi connectivity index (χ2n) is 9.57. The van der Waals surface area contributed by atoms with Gasteiger partial charge in [0.15, 0.2) is 17.5 Å². The minimum Gasteiger partial charge on any atom is -0.241 e. The molecule has 37 heavy (non-hydrogen) atoms. The molecule has 0 amide bonds. The summed E-state index contributed by atoms with van der Waals surface area (Å²) in [7, 11) is 0. The summed E-state index contributed by atoms with van der Waals surface area (Å²) in [6.07, 6.45) is 17.3. The lowest BCUT2D eigenvalue weighted by Gasteiger charge is -2.11. The van der Waals surface area contributed by atoms with Gasteiger partial charge in [0, 0.05) is 49.0 Å². The number of hydrogen-bond donors (Lipinski definition) is 0. The predicted octanol–water partition coefficient (Wildman–Crippen LogP) is 6.14. The van der Waals surface area contributed by atoms with Crippen molar-refractivity contribution in [2.45, 2.75) is 85.0 Å². The molecule has 9 heteroatoms. The normalized spacial score (nSPS) is 12.9. The summed E-state index contributed by atoms with van der Waals surface area (Å²) < 4.78 is 0. The highest BCUT2D eigenvalue weighted by atomic mass is 15.1. The van der Waals surface area contributed by atoms with E-state index in [1.54, 1.807) is 37.2 Å². The van der Waals surface area contributed by atoms with Gasteiger partial charge in [-0.15, -0.1) is 0 Å².